The predicted molar refractivity (Wildman–Crippen MR) is 113 cm³/mol. The molecule has 0 aliphatic carbocycles. The summed E-state index contributed by atoms with van der Waals surface area (Å²) in [6.07, 6.45) is -1.16. The molecule has 11 heteroatoms. The summed E-state index contributed by atoms with van der Waals surface area (Å²) in [5.74, 6) is -1.58. The van der Waals surface area contributed by atoms with Crippen LogP contribution in [0, 0.1) is 25.2 Å². The van der Waals surface area contributed by atoms with E-state index in [0.29, 0.717) is 5.00 Å². The highest BCUT2D eigenvalue weighted by Gasteiger charge is 2.44. The second-order valence-electron chi connectivity index (χ2n) is 7.16. The zero-order valence-corrected chi connectivity index (χ0v) is 18.5. The minimum atomic E-state index is -4.06. The number of esters is 1. The van der Waals surface area contributed by atoms with Crippen LogP contribution in [0.15, 0.2) is 34.5 Å². The second-order valence-corrected chi connectivity index (χ2v) is 9.96. The van der Waals surface area contributed by atoms with Crippen LogP contribution in [0.25, 0.3) is 0 Å². The van der Waals surface area contributed by atoms with E-state index in [1.165, 1.54) is 12.1 Å². The smallest absolute Gasteiger partial charge is 0.325 e. The molecule has 1 amide bonds. The summed E-state index contributed by atoms with van der Waals surface area (Å²) in [5.41, 5.74) is 1.99. The molecule has 1 fully saturated rings. The molecule has 2 N–H and O–H groups in total. The van der Waals surface area contributed by atoms with E-state index in [1.54, 1.807) is 24.4 Å². The van der Waals surface area contributed by atoms with Gasteiger partial charge in [0.25, 0.3) is 5.91 Å². The Balaban J connectivity index is 1.70. The number of ether oxygens (including phenoxy) is 1. The first-order chi connectivity index (χ1) is 14.6. The average Bonchev–Trinajstić information content (AvgIpc) is 3.34. The molecule has 0 bridgehead atoms. The third-order valence-corrected chi connectivity index (χ3v) is 7.68. The van der Waals surface area contributed by atoms with Crippen molar-refractivity contribution in [2.24, 2.45) is 0 Å². The number of nitriles is 1. The second kappa shape index (κ2) is 9.15. The Hall–Kier alpha value is -2.78. The molecular formula is C20H21N3O6S2. The van der Waals surface area contributed by atoms with Crippen molar-refractivity contribution in [2.75, 3.05) is 18.5 Å². The highest BCUT2D eigenvalue weighted by atomic mass is 32.2. The fourth-order valence-electron chi connectivity index (χ4n) is 3.16. The standard InChI is InChI=1S/C20H21N3O6S2/c1-12-3-4-16(7-13(12)2)31(27,28)23-10-15(24)8-17(23)20(26)29-11-18(25)22-19-14(9-21)5-6-30-19/h3-7,15,17,24H,8,10-11H2,1-2H3,(H,22,25)/t15?,17-/m0/s1. The van der Waals surface area contributed by atoms with Crippen LogP contribution in [-0.2, 0) is 24.3 Å². The zero-order valence-electron chi connectivity index (χ0n) is 16.9. The summed E-state index contributed by atoms with van der Waals surface area (Å²) in [5, 5.41) is 23.4. The number of β-amino-alcohol motifs (C(OH)–C–C–N with tert-alkyl or cyclic N) is 1. The number of hydrogen-bond acceptors (Lipinski definition) is 8. The van der Waals surface area contributed by atoms with Gasteiger partial charge in [0.05, 0.1) is 16.6 Å². The van der Waals surface area contributed by atoms with Gasteiger partial charge < -0.3 is 15.2 Å². The van der Waals surface area contributed by atoms with Crippen LogP contribution in [0.3, 0.4) is 0 Å². The molecule has 1 aliphatic heterocycles. The Morgan fingerprint density at radius 3 is 2.74 bits per heavy atom. The molecule has 0 radical (unpaired) electrons. The van der Waals surface area contributed by atoms with Crippen LogP contribution in [0.4, 0.5) is 5.00 Å². The largest absolute Gasteiger partial charge is 0.454 e. The molecule has 1 saturated heterocycles. The molecule has 2 atom stereocenters. The molecule has 1 aromatic carbocycles. The Morgan fingerprint density at radius 2 is 2.06 bits per heavy atom. The number of thiophene rings is 1. The summed E-state index contributed by atoms with van der Waals surface area (Å²) < 4.78 is 32.1. The van der Waals surface area contributed by atoms with E-state index in [-0.39, 0.29) is 23.4 Å². The van der Waals surface area contributed by atoms with E-state index in [4.69, 9.17) is 10.00 Å². The maximum atomic E-state index is 13.1. The quantitative estimate of drug-likeness (QED) is 0.620. The van der Waals surface area contributed by atoms with E-state index in [0.717, 1.165) is 26.8 Å². The Labute approximate surface area is 183 Å². The van der Waals surface area contributed by atoms with Crippen LogP contribution >= 0.6 is 11.3 Å². The lowest BCUT2D eigenvalue weighted by molar-refractivity contribution is -0.150. The molecule has 9 nitrogen and oxygen atoms in total. The number of aliphatic hydroxyl groups excluding tert-OH is 1. The normalized spacial score (nSPS) is 19.0. The van der Waals surface area contributed by atoms with Crippen molar-refractivity contribution in [3.63, 3.8) is 0 Å². The first-order valence-electron chi connectivity index (χ1n) is 9.34. The van der Waals surface area contributed by atoms with Crippen LogP contribution in [0.5, 0.6) is 0 Å². The molecule has 2 heterocycles. The number of benzene rings is 1. The minimum Gasteiger partial charge on any atom is -0.454 e. The van der Waals surface area contributed by atoms with E-state index >= 15 is 0 Å². The molecule has 31 heavy (non-hydrogen) atoms. The molecule has 1 aromatic heterocycles. The Morgan fingerprint density at radius 1 is 1.32 bits per heavy atom. The van der Waals surface area contributed by atoms with Gasteiger partial charge in [-0.05, 0) is 48.6 Å². The van der Waals surface area contributed by atoms with Gasteiger partial charge in [-0.2, -0.15) is 9.57 Å². The Kier molecular flexibility index (Phi) is 6.76. The number of amides is 1. The van der Waals surface area contributed by atoms with Crippen molar-refractivity contribution < 1.29 is 27.9 Å². The zero-order chi connectivity index (χ0) is 22.8. The average molecular weight is 464 g/mol. The number of aliphatic hydroxyl groups is 1. The van der Waals surface area contributed by atoms with Gasteiger partial charge in [-0.3, -0.25) is 9.59 Å². The number of aryl methyl sites for hydroxylation is 2. The lowest BCUT2D eigenvalue weighted by atomic mass is 10.1. The topological polar surface area (TPSA) is 137 Å². The molecule has 2 aromatic rings. The monoisotopic (exact) mass is 463 g/mol. The third kappa shape index (κ3) is 4.94. The number of carbonyl (C=O) groups excluding carboxylic acids is 2. The number of hydrogen-bond donors (Lipinski definition) is 2. The number of rotatable bonds is 6. The van der Waals surface area contributed by atoms with Crippen LogP contribution < -0.4 is 5.32 Å². The summed E-state index contributed by atoms with van der Waals surface area (Å²) >= 11 is 1.15. The SMILES string of the molecule is Cc1ccc(S(=O)(=O)N2CC(O)C[C@H]2C(=O)OCC(=O)Nc2sccc2C#N)cc1C. The van der Waals surface area contributed by atoms with Gasteiger partial charge in [-0.15, -0.1) is 11.3 Å². The summed E-state index contributed by atoms with van der Waals surface area (Å²) in [6.45, 7) is 2.74. The number of nitrogens with zero attached hydrogens (tertiary/aromatic N) is 2. The fraction of sp³-hybridized carbons (Fsp3) is 0.350. The number of anilines is 1. The van der Waals surface area contributed by atoms with E-state index in [9.17, 15) is 23.1 Å². The van der Waals surface area contributed by atoms with Crippen LogP contribution in [0.2, 0.25) is 0 Å². The van der Waals surface area contributed by atoms with Gasteiger partial charge >= 0.3 is 5.97 Å². The molecule has 3 rings (SSSR count). The first-order valence-corrected chi connectivity index (χ1v) is 11.7. The highest BCUT2D eigenvalue weighted by Crippen LogP contribution is 2.28. The van der Waals surface area contributed by atoms with Crippen molar-refractivity contribution in [1.29, 1.82) is 5.26 Å². The number of sulfonamides is 1. The van der Waals surface area contributed by atoms with Crippen molar-refractivity contribution in [3.05, 3.63) is 46.3 Å². The van der Waals surface area contributed by atoms with Crippen LogP contribution in [0.1, 0.15) is 23.1 Å². The van der Waals surface area contributed by atoms with E-state index < -0.39 is 40.7 Å². The molecule has 1 unspecified atom stereocenters. The fourth-order valence-corrected chi connectivity index (χ4v) is 5.63. The molecule has 164 valence electrons. The lowest BCUT2D eigenvalue weighted by Gasteiger charge is -2.22. The molecule has 1 aliphatic rings. The molecule has 0 saturated carbocycles. The van der Waals surface area contributed by atoms with Gasteiger partial charge in [0.15, 0.2) is 6.61 Å². The van der Waals surface area contributed by atoms with Crippen molar-refractivity contribution in [2.45, 2.75) is 37.3 Å². The van der Waals surface area contributed by atoms with Gasteiger partial charge in [0.1, 0.15) is 17.1 Å². The van der Waals surface area contributed by atoms with Gasteiger partial charge in [-0.25, -0.2) is 8.42 Å². The summed E-state index contributed by atoms with van der Waals surface area (Å²) in [6, 6.07) is 6.86. The summed E-state index contributed by atoms with van der Waals surface area (Å²) in [4.78, 5) is 24.6. The van der Waals surface area contributed by atoms with Gasteiger partial charge in [-0.1, -0.05) is 6.07 Å². The van der Waals surface area contributed by atoms with Gasteiger partial charge in [0, 0.05) is 13.0 Å². The first kappa shape index (κ1) is 22.9. The van der Waals surface area contributed by atoms with Gasteiger partial charge in [0.2, 0.25) is 10.0 Å². The number of carbonyl (C=O) groups is 2. The van der Waals surface area contributed by atoms with Crippen molar-refractivity contribution >= 4 is 38.2 Å². The maximum absolute atomic E-state index is 13.1. The highest BCUT2D eigenvalue weighted by molar-refractivity contribution is 7.89. The minimum absolute atomic E-state index is 0.0157. The summed E-state index contributed by atoms with van der Waals surface area (Å²) in [7, 11) is -4.06. The van der Waals surface area contributed by atoms with Crippen LogP contribution in [-0.4, -0.2) is 55.0 Å². The molecule has 0 spiro atoms. The van der Waals surface area contributed by atoms with Crippen molar-refractivity contribution in [3.8, 4) is 6.07 Å². The maximum Gasteiger partial charge on any atom is 0.325 e. The third-order valence-electron chi connectivity index (χ3n) is 4.97. The van der Waals surface area contributed by atoms with Crippen molar-refractivity contribution in [1.82, 2.24) is 4.31 Å². The lowest BCUT2D eigenvalue weighted by Crippen LogP contribution is -2.42. The predicted octanol–water partition coefficient (Wildman–Crippen LogP) is 1.54. The number of nitrogens with one attached hydrogen (secondary N) is 1. The van der Waals surface area contributed by atoms with E-state index in [1.807, 2.05) is 13.0 Å². The van der Waals surface area contributed by atoms with E-state index in [2.05, 4.69) is 5.32 Å². The molecular weight excluding hydrogens is 442 g/mol. The Bertz CT molecular complexity index is 1150.